The number of aromatic nitrogens is 2. The Morgan fingerprint density at radius 2 is 1.73 bits per heavy atom. The lowest BCUT2D eigenvalue weighted by Gasteiger charge is -2.10. The highest BCUT2D eigenvalue weighted by atomic mass is 32.2. The molecular formula is C24H24N3O2S+. The van der Waals surface area contributed by atoms with Gasteiger partial charge in [0.1, 0.15) is 12.3 Å². The summed E-state index contributed by atoms with van der Waals surface area (Å²) in [6.07, 6.45) is 0. The summed E-state index contributed by atoms with van der Waals surface area (Å²) in [6.45, 7) is 3.22. The van der Waals surface area contributed by atoms with E-state index in [2.05, 4.69) is 39.1 Å². The molecule has 5 nitrogen and oxygen atoms in total. The molecule has 1 heterocycles. The molecule has 1 aromatic heterocycles. The first kappa shape index (κ1) is 20.0. The van der Waals surface area contributed by atoms with Crippen LogP contribution in [0.4, 0.5) is 5.69 Å². The molecule has 6 heteroatoms. The number of rotatable bonds is 8. The topological polar surface area (TPSA) is 58.0 Å². The molecule has 0 atom stereocenters. The van der Waals surface area contributed by atoms with Crippen molar-refractivity contribution in [3.63, 3.8) is 0 Å². The number of imidazole rings is 1. The zero-order chi connectivity index (χ0) is 20.8. The summed E-state index contributed by atoms with van der Waals surface area (Å²) in [4.78, 5) is 16.1. The molecule has 0 spiro atoms. The van der Waals surface area contributed by atoms with Crippen molar-refractivity contribution in [1.82, 2.24) is 4.98 Å². The highest BCUT2D eigenvalue weighted by Crippen LogP contribution is 2.24. The maximum Gasteiger partial charge on any atom is 0.317 e. The fourth-order valence-electron chi connectivity index (χ4n) is 3.32. The number of hydrogen-bond donors (Lipinski definition) is 2. The minimum Gasteiger partial charge on any atom is -0.492 e. The van der Waals surface area contributed by atoms with E-state index in [4.69, 9.17) is 4.74 Å². The van der Waals surface area contributed by atoms with Crippen molar-refractivity contribution in [2.45, 2.75) is 18.6 Å². The zero-order valence-corrected chi connectivity index (χ0v) is 17.6. The number of H-pyrrole nitrogens is 1. The second-order valence-corrected chi connectivity index (χ2v) is 7.75. The first-order valence-electron chi connectivity index (χ1n) is 9.93. The van der Waals surface area contributed by atoms with E-state index in [0.29, 0.717) is 23.8 Å². The summed E-state index contributed by atoms with van der Waals surface area (Å²) in [7, 11) is 0. The van der Waals surface area contributed by atoms with Gasteiger partial charge in [-0.15, -0.1) is 0 Å². The van der Waals surface area contributed by atoms with Gasteiger partial charge in [-0.05, 0) is 48.5 Å². The van der Waals surface area contributed by atoms with E-state index in [-0.39, 0.29) is 5.91 Å². The predicted molar refractivity (Wildman–Crippen MR) is 121 cm³/mol. The van der Waals surface area contributed by atoms with Crippen molar-refractivity contribution in [2.75, 3.05) is 17.7 Å². The van der Waals surface area contributed by atoms with Crippen molar-refractivity contribution in [1.29, 1.82) is 0 Å². The van der Waals surface area contributed by atoms with E-state index < -0.39 is 0 Å². The summed E-state index contributed by atoms with van der Waals surface area (Å²) in [6, 6.07) is 26.0. The van der Waals surface area contributed by atoms with Crippen LogP contribution in [0.2, 0.25) is 0 Å². The number of carbonyl (C=O) groups excluding carboxylic acids is 1. The predicted octanol–water partition coefficient (Wildman–Crippen LogP) is 4.63. The number of ether oxygens (including phenoxy) is 1. The summed E-state index contributed by atoms with van der Waals surface area (Å²) < 4.78 is 7.81. The average molecular weight is 419 g/mol. The highest BCUT2D eigenvalue weighted by Gasteiger charge is 2.20. The molecule has 0 aliphatic heterocycles. The number of amides is 1. The van der Waals surface area contributed by atoms with Gasteiger partial charge in [0.25, 0.3) is 0 Å². The van der Waals surface area contributed by atoms with E-state index >= 15 is 0 Å². The van der Waals surface area contributed by atoms with Crippen LogP contribution >= 0.6 is 11.8 Å². The summed E-state index contributed by atoms with van der Waals surface area (Å²) in [5.41, 5.74) is 4.08. The lowest BCUT2D eigenvalue weighted by atomic mass is 10.2. The van der Waals surface area contributed by atoms with Crippen molar-refractivity contribution >= 4 is 34.4 Å². The van der Waals surface area contributed by atoms with Crippen molar-refractivity contribution in [3.8, 4) is 5.75 Å². The lowest BCUT2D eigenvalue weighted by Crippen LogP contribution is -2.35. The number of aromatic amines is 1. The lowest BCUT2D eigenvalue weighted by molar-refractivity contribution is -0.700. The largest absolute Gasteiger partial charge is 0.492 e. The zero-order valence-electron chi connectivity index (χ0n) is 16.8. The standard InChI is InChI=1S/C24H23N3O2S/c1-2-29-22-15-9-7-13-20(22)25-23(28)17-30-24-26-19-12-6-8-14-21(19)27(24)16-18-10-4-3-5-11-18/h3-15H,2,16-17H2,1H3,(H,25,28)/p+1. The van der Waals surface area contributed by atoms with Crippen LogP contribution in [0.25, 0.3) is 11.0 Å². The molecule has 1 amide bonds. The Morgan fingerprint density at radius 1 is 1.00 bits per heavy atom. The normalized spacial score (nSPS) is 10.8. The number of nitrogens with zero attached hydrogens (tertiary/aromatic N) is 1. The van der Waals surface area contributed by atoms with Crippen molar-refractivity contribution in [3.05, 3.63) is 84.4 Å². The fourth-order valence-corrected chi connectivity index (χ4v) is 4.16. The van der Waals surface area contributed by atoms with E-state index in [9.17, 15) is 4.79 Å². The van der Waals surface area contributed by atoms with Crippen LogP contribution < -0.4 is 14.6 Å². The molecule has 3 aromatic carbocycles. The first-order valence-corrected chi connectivity index (χ1v) is 10.9. The quantitative estimate of drug-likeness (QED) is 0.324. The second-order valence-electron chi connectivity index (χ2n) is 6.79. The molecular weight excluding hydrogens is 394 g/mol. The third-order valence-corrected chi connectivity index (χ3v) is 5.67. The van der Waals surface area contributed by atoms with E-state index in [1.165, 1.54) is 17.3 Å². The fraction of sp³-hybridized carbons (Fsp3) is 0.167. The maximum absolute atomic E-state index is 12.6. The monoisotopic (exact) mass is 418 g/mol. The van der Waals surface area contributed by atoms with Crippen LogP contribution in [0.5, 0.6) is 5.75 Å². The molecule has 0 unspecified atom stereocenters. The molecule has 4 rings (SSSR count). The van der Waals surface area contributed by atoms with Gasteiger partial charge in [-0.2, -0.15) is 0 Å². The number of fused-ring (bicyclic) bond motifs is 1. The van der Waals surface area contributed by atoms with Crippen molar-refractivity contribution < 1.29 is 14.1 Å². The van der Waals surface area contributed by atoms with Gasteiger partial charge >= 0.3 is 5.16 Å². The third-order valence-electron chi connectivity index (χ3n) is 4.67. The SMILES string of the molecule is CCOc1ccccc1NC(=O)CSc1[nH]c2ccccc2[n+]1Cc1ccccc1. The highest BCUT2D eigenvalue weighted by molar-refractivity contribution is 7.99. The molecule has 0 radical (unpaired) electrons. The Morgan fingerprint density at radius 3 is 2.57 bits per heavy atom. The van der Waals surface area contributed by atoms with Gasteiger partial charge < -0.3 is 10.1 Å². The summed E-state index contributed by atoms with van der Waals surface area (Å²) >= 11 is 1.49. The molecule has 0 fully saturated rings. The number of benzene rings is 3. The molecule has 0 saturated heterocycles. The van der Waals surface area contributed by atoms with Gasteiger partial charge in [-0.3, -0.25) is 4.79 Å². The van der Waals surface area contributed by atoms with Gasteiger partial charge in [0.2, 0.25) is 5.91 Å². The van der Waals surface area contributed by atoms with Crippen LogP contribution in [0, 0.1) is 0 Å². The smallest absolute Gasteiger partial charge is 0.317 e. The molecule has 2 N–H and O–H groups in total. The van der Waals surface area contributed by atoms with Gasteiger partial charge in [-0.25, -0.2) is 9.55 Å². The van der Waals surface area contributed by atoms with Crippen LogP contribution in [0.1, 0.15) is 12.5 Å². The molecule has 0 saturated carbocycles. The van der Waals surface area contributed by atoms with Crippen LogP contribution in [0.15, 0.2) is 84.0 Å². The minimum absolute atomic E-state index is 0.0722. The number of thioether (sulfide) groups is 1. The molecule has 0 aliphatic rings. The third kappa shape index (κ3) is 4.66. The van der Waals surface area contributed by atoms with Gasteiger partial charge in [0.05, 0.1) is 18.0 Å². The molecule has 30 heavy (non-hydrogen) atoms. The molecule has 0 aliphatic carbocycles. The Bertz CT molecular complexity index is 1140. The summed E-state index contributed by atoms with van der Waals surface area (Å²) in [5, 5.41) is 3.91. The van der Waals surface area contributed by atoms with E-state index in [1.807, 2.05) is 61.5 Å². The van der Waals surface area contributed by atoms with E-state index in [1.54, 1.807) is 0 Å². The second kappa shape index (κ2) is 9.50. The van der Waals surface area contributed by atoms with Crippen molar-refractivity contribution in [2.24, 2.45) is 0 Å². The molecule has 4 aromatic rings. The van der Waals surface area contributed by atoms with Crippen LogP contribution in [-0.2, 0) is 11.3 Å². The Hall–Kier alpha value is -3.25. The number of hydrogen-bond acceptors (Lipinski definition) is 3. The van der Waals surface area contributed by atoms with Crippen LogP contribution in [0.3, 0.4) is 0 Å². The average Bonchev–Trinajstić information content (AvgIpc) is 3.12. The Balaban J connectivity index is 1.51. The van der Waals surface area contributed by atoms with Gasteiger partial charge in [0, 0.05) is 0 Å². The molecule has 152 valence electrons. The molecule has 0 bridgehead atoms. The minimum atomic E-state index is -0.0722. The van der Waals surface area contributed by atoms with Gasteiger partial charge in [-0.1, -0.05) is 54.6 Å². The Labute approximate surface area is 180 Å². The number of nitrogens with one attached hydrogen (secondary N) is 2. The Kier molecular flexibility index (Phi) is 6.35. The van der Waals surface area contributed by atoms with Gasteiger partial charge in [0.15, 0.2) is 11.0 Å². The first-order chi connectivity index (χ1) is 14.7. The van der Waals surface area contributed by atoms with E-state index in [0.717, 1.165) is 22.7 Å². The number of anilines is 1. The number of carbonyl (C=O) groups is 1. The summed E-state index contributed by atoms with van der Waals surface area (Å²) in [5.74, 6) is 0.905. The maximum atomic E-state index is 12.6. The van der Waals surface area contributed by atoms with Crippen LogP contribution in [-0.4, -0.2) is 23.3 Å². The number of para-hydroxylation sites is 4.